The van der Waals surface area contributed by atoms with Crippen LogP contribution in [0, 0.1) is 18.6 Å². The SMILES string of the molecule is COc1ccc(N(Cc2ccc(F)cc2)S(=O)(=O)c2ccc(C)c(F)c2)cc1OC. The van der Waals surface area contributed by atoms with Crippen molar-refractivity contribution < 1.29 is 26.7 Å². The zero-order valence-electron chi connectivity index (χ0n) is 16.7. The first-order chi connectivity index (χ1) is 14.3. The second-order valence-electron chi connectivity index (χ2n) is 6.59. The predicted octanol–water partition coefficient (Wildman–Crippen LogP) is 4.69. The Hall–Kier alpha value is -3.13. The van der Waals surface area contributed by atoms with Gasteiger partial charge < -0.3 is 9.47 Å². The molecule has 3 aromatic carbocycles. The lowest BCUT2D eigenvalue weighted by Gasteiger charge is -2.25. The minimum atomic E-state index is -4.14. The first-order valence-electron chi connectivity index (χ1n) is 9.01. The Balaban J connectivity index is 2.13. The molecule has 0 aliphatic rings. The van der Waals surface area contributed by atoms with Gasteiger partial charge in [0.05, 0.1) is 31.3 Å². The molecule has 3 rings (SSSR count). The Kier molecular flexibility index (Phi) is 6.26. The Morgan fingerprint density at radius 3 is 2.13 bits per heavy atom. The summed E-state index contributed by atoms with van der Waals surface area (Å²) in [6.07, 6.45) is 0. The monoisotopic (exact) mass is 433 g/mol. The molecule has 8 heteroatoms. The van der Waals surface area contributed by atoms with Gasteiger partial charge in [-0.05, 0) is 54.4 Å². The lowest BCUT2D eigenvalue weighted by atomic mass is 10.2. The van der Waals surface area contributed by atoms with Crippen molar-refractivity contribution in [3.05, 3.63) is 83.4 Å². The van der Waals surface area contributed by atoms with E-state index in [4.69, 9.17) is 9.47 Å². The number of nitrogens with zero attached hydrogens (tertiary/aromatic N) is 1. The van der Waals surface area contributed by atoms with Gasteiger partial charge in [0.1, 0.15) is 11.6 Å². The van der Waals surface area contributed by atoms with Gasteiger partial charge in [-0.3, -0.25) is 4.31 Å². The van der Waals surface area contributed by atoms with Crippen LogP contribution in [-0.4, -0.2) is 22.6 Å². The van der Waals surface area contributed by atoms with Crippen molar-refractivity contribution in [1.82, 2.24) is 0 Å². The Morgan fingerprint density at radius 1 is 0.867 bits per heavy atom. The second kappa shape index (κ2) is 8.71. The van der Waals surface area contributed by atoms with E-state index in [1.54, 1.807) is 19.1 Å². The Bertz CT molecular complexity index is 1150. The summed E-state index contributed by atoms with van der Waals surface area (Å²) in [5.41, 5.74) is 1.19. The fourth-order valence-corrected chi connectivity index (χ4v) is 4.37. The van der Waals surface area contributed by atoms with Crippen LogP contribution in [0.5, 0.6) is 11.5 Å². The third kappa shape index (κ3) is 4.38. The van der Waals surface area contributed by atoms with Crippen molar-refractivity contribution in [3.8, 4) is 11.5 Å². The molecule has 0 heterocycles. The largest absolute Gasteiger partial charge is 0.493 e. The molecule has 0 saturated carbocycles. The molecule has 0 atom stereocenters. The average molecular weight is 433 g/mol. The number of hydrogen-bond acceptors (Lipinski definition) is 4. The van der Waals surface area contributed by atoms with Gasteiger partial charge in [-0.15, -0.1) is 0 Å². The van der Waals surface area contributed by atoms with Crippen LogP contribution in [0.15, 0.2) is 65.6 Å². The van der Waals surface area contributed by atoms with E-state index in [0.29, 0.717) is 22.6 Å². The van der Waals surface area contributed by atoms with Gasteiger partial charge in [0.2, 0.25) is 0 Å². The molecule has 158 valence electrons. The molecule has 0 N–H and O–H groups in total. The van der Waals surface area contributed by atoms with Crippen LogP contribution >= 0.6 is 0 Å². The minimum absolute atomic E-state index is 0.0897. The molecule has 0 saturated heterocycles. The van der Waals surface area contributed by atoms with Crippen LogP contribution in [0.25, 0.3) is 0 Å². The van der Waals surface area contributed by atoms with E-state index in [-0.39, 0.29) is 17.1 Å². The van der Waals surface area contributed by atoms with Crippen LogP contribution in [0.1, 0.15) is 11.1 Å². The van der Waals surface area contributed by atoms with E-state index in [1.165, 1.54) is 56.7 Å². The summed E-state index contributed by atoms with van der Waals surface area (Å²) in [5.74, 6) is -0.281. The van der Waals surface area contributed by atoms with E-state index < -0.39 is 21.7 Å². The summed E-state index contributed by atoms with van der Waals surface area (Å²) in [6, 6.07) is 13.9. The van der Waals surface area contributed by atoms with Crippen LogP contribution in [-0.2, 0) is 16.6 Å². The highest BCUT2D eigenvalue weighted by Gasteiger charge is 2.27. The van der Waals surface area contributed by atoms with Gasteiger partial charge in [-0.1, -0.05) is 18.2 Å². The normalized spacial score (nSPS) is 11.2. The van der Waals surface area contributed by atoms with Gasteiger partial charge >= 0.3 is 0 Å². The molecule has 5 nitrogen and oxygen atoms in total. The molecule has 0 aliphatic heterocycles. The minimum Gasteiger partial charge on any atom is -0.493 e. The lowest BCUT2D eigenvalue weighted by Crippen LogP contribution is -2.30. The van der Waals surface area contributed by atoms with Gasteiger partial charge in [0, 0.05) is 6.07 Å². The predicted molar refractivity (Wildman–Crippen MR) is 110 cm³/mol. The standard InChI is InChI=1S/C22H21F2NO4S/c1-15-4-10-19(13-20(15)24)30(26,27)25(14-16-5-7-17(23)8-6-16)18-9-11-21(28-2)22(12-18)29-3/h4-13H,14H2,1-3H3. The van der Waals surface area contributed by atoms with Crippen molar-refractivity contribution >= 4 is 15.7 Å². The summed E-state index contributed by atoms with van der Waals surface area (Å²) < 4.78 is 65.9. The molecular weight excluding hydrogens is 412 g/mol. The van der Waals surface area contributed by atoms with Crippen molar-refractivity contribution in [3.63, 3.8) is 0 Å². The third-order valence-electron chi connectivity index (χ3n) is 4.63. The third-order valence-corrected chi connectivity index (χ3v) is 6.40. The van der Waals surface area contributed by atoms with E-state index in [2.05, 4.69) is 0 Å². The molecule has 0 amide bonds. The van der Waals surface area contributed by atoms with Crippen LogP contribution in [0.4, 0.5) is 14.5 Å². The number of sulfonamides is 1. The number of benzene rings is 3. The number of rotatable bonds is 7. The first kappa shape index (κ1) is 21.6. The summed E-state index contributed by atoms with van der Waals surface area (Å²) in [6.45, 7) is 1.46. The van der Waals surface area contributed by atoms with Crippen LogP contribution < -0.4 is 13.8 Å². The quantitative estimate of drug-likeness (QED) is 0.543. The smallest absolute Gasteiger partial charge is 0.264 e. The maximum Gasteiger partial charge on any atom is 0.264 e. The Labute approximate surface area is 174 Å². The maximum absolute atomic E-state index is 14.1. The van der Waals surface area contributed by atoms with E-state index >= 15 is 0 Å². The fourth-order valence-electron chi connectivity index (χ4n) is 2.91. The highest BCUT2D eigenvalue weighted by molar-refractivity contribution is 7.92. The highest BCUT2D eigenvalue weighted by Crippen LogP contribution is 2.35. The molecule has 0 unspecified atom stereocenters. The second-order valence-corrected chi connectivity index (χ2v) is 8.45. The Morgan fingerprint density at radius 2 is 1.53 bits per heavy atom. The lowest BCUT2D eigenvalue weighted by molar-refractivity contribution is 0.355. The number of anilines is 1. The molecule has 0 aromatic heterocycles. The summed E-state index contributed by atoms with van der Waals surface area (Å²) >= 11 is 0. The number of ether oxygens (including phenoxy) is 2. The topological polar surface area (TPSA) is 55.8 Å². The molecular formula is C22H21F2NO4S. The molecule has 0 aliphatic carbocycles. The van der Waals surface area contributed by atoms with E-state index in [1.807, 2.05) is 0 Å². The van der Waals surface area contributed by atoms with Crippen molar-refractivity contribution in [1.29, 1.82) is 0 Å². The highest BCUT2D eigenvalue weighted by atomic mass is 32.2. The molecule has 0 radical (unpaired) electrons. The molecule has 0 spiro atoms. The van der Waals surface area contributed by atoms with Crippen LogP contribution in [0.2, 0.25) is 0 Å². The fraction of sp³-hybridized carbons (Fsp3) is 0.182. The first-order valence-corrected chi connectivity index (χ1v) is 10.5. The summed E-state index contributed by atoms with van der Waals surface area (Å²) in [5, 5.41) is 0. The number of aryl methyl sites for hydroxylation is 1. The van der Waals surface area contributed by atoms with Crippen molar-refractivity contribution in [2.24, 2.45) is 0 Å². The van der Waals surface area contributed by atoms with E-state index in [9.17, 15) is 17.2 Å². The van der Waals surface area contributed by atoms with Gasteiger partial charge in [-0.25, -0.2) is 17.2 Å². The zero-order valence-corrected chi connectivity index (χ0v) is 17.5. The number of methoxy groups -OCH3 is 2. The zero-order chi connectivity index (χ0) is 21.9. The molecule has 30 heavy (non-hydrogen) atoms. The number of halogens is 2. The van der Waals surface area contributed by atoms with Crippen LogP contribution in [0.3, 0.4) is 0 Å². The van der Waals surface area contributed by atoms with Crippen molar-refractivity contribution in [2.75, 3.05) is 18.5 Å². The molecule has 0 fully saturated rings. The van der Waals surface area contributed by atoms with Crippen molar-refractivity contribution in [2.45, 2.75) is 18.4 Å². The maximum atomic E-state index is 14.1. The van der Waals surface area contributed by atoms with Gasteiger partial charge in [0.25, 0.3) is 10.0 Å². The summed E-state index contributed by atoms with van der Waals surface area (Å²) in [7, 11) is -1.23. The van der Waals surface area contributed by atoms with E-state index in [0.717, 1.165) is 10.4 Å². The summed E-state index contributed by atoms with van der Waals surface area (Å²) in [4.78, 5) is -0.192. The number of hydrogen-bond donors (Lipinski definition) is 0. The van der Waals surface area contributed by atoms with Gasteiger partial charge in [0.15, 0.2) is 11.5 Å². The molecule has 3 aromatic rings. The van der Waals surface area contributed by atoms with Gasteiger partial charge in [-0.2, -0.15) is 0 Å². The molecule has 0 bridgehead atoms. The average Bonchev–Trinajstić information content (AvgIpc) is 2.74.